The quantitative estimate of drug-likeness (QED) is 0.724. The smallest absolute Gasteiger partial charge is 0.268 e. The Morgan fingerprint density at radius 2 is 1.75 bits per heavy atom. The first-order chi connectivity index (χ1) is 11.3. The van der Waals surface area contributed by atoms with Crippen LogP contribution in [0.25, 0.3) is 11.0 Å². The average molecular weight is 344 g/mol. The Bertz CT molecular complexity index is 987. The van der Waals surface area contributed by atoms with E-state index >= 15 is 0 Å². The third-order valence-electron chi connectivity index (χ3n) is 4.02. The molecule has 2 heterocycles. The highest BCUT2D eigenvalue weighted by molar-refractivity contribution is 7.90. The van der Waals surface area contributed by atoms with E-state index in [4.69, 9.17) is 4.74 Å². The second-order valence-electron chi connectivity index (χ2n) is 6.07. The van der Waals surface area contributed by atoms with E-state index < -0.39 is 10.0 Å². The molecule has 0 spiro atoms. The van der Waals surface area contributed by atoms with E-state index in [1.54, 1.807) is 49.7 Å². The lowest BCUT2D eigenvalue weighted by molar-refractivity contribution is 0.399. The zero-order chi connectivity index (χ0) is 17.5. The predicted octanol–water partition coefficient (Wildman–Crippen LogP) is 3.71. The molecule has 0 saturated carbocycles. The van der Waals surface area contributed by atoms with E-state index in [2.05, 4.69) is 4.98 Å². The highest BCUT2D eigenvalue weighted by Crippen LogP contribution is 2.30. The lowest BCUT2D eigenvalue weighted by Gasteiger charge is -2.08. The molecule has 5 nitrogen and oxygen atoms in total. The average Bonchev–Trinajstić information content (AvgIpc) is 2.94. The van der Waals surface area contributed by atoms with Crippen LogP contribution in [0.5, 0.6) is 5.88 Å². The molecule has 2 aromatic heterocycles. The third-order valence-corrected chi connectivity index (χ3v) is 5.71. The highest BCUT2D eigenvalue weighted by Gasteiger charge is 2.23. The molecule has 6 heteroatoms. The van der Waals surface area contributed by atoms with Gasteiger partial charge in [0.05, 0.1) is 23.0 Å². The van der Waals surface area contributed by atoms with Crippen LogP contribution in [-0.2, 0) is 10.0 Å². The summed E-state index contributed by atoms with van der Waals surface area (Å²) in [6.07, 6.45) is 1.66. The van der Waals surface area contributed by atoms with Crippen LogP contribution in [0.15, 0.2) is 47.5 Å². The maximum atomic E-state index is 13.1. The Hall–Kier alpha value is -2.34. The maximum Gasteiger partial charge on any atom is 0.268 e. The summed E-state index contributed by atoms with van der Waals surface area (Å²) in [7, 11) is -2.13. The van der Waals surface area contributed by atoms with Gasteiger partial charge in [-0.25, -0.2) is 17.4 Å². The van der Waals surface area contributed by atoms with Crippen LogP contribution < -0.4 is 4.74 Å². The number of aromatic nitrogens is 2. The van der Waals surface area contributed by atoms with E-state index in [-0.39, 0.29) is 10.8 Å². The summed E-state index contributed by atoms with van der Waals surface area (Å²) in [5, 5.41) is 0. The number of nitrogens with zero attached hydrogens (tertiary/aromatic N) is 2. The molecule has 0 aliphatic carbocycles. The Balaban J connectivity index is 2.28. The van der Waals surface area contributed by atoms with Crippen LogP contribution in [0.2, 0.25) is 0 Å². The van der Waals surface area contributed by atoms with Crippen molar-refractivity contribution in [2.75, 3.05) is 7.11 Å². The summed E-state index contributed by atoms with van der Waals surface area (Å²) in [6, 6.07) is 10.3. The normalized spacial score (nSPS) is 12.0. The zero-order valence-corrected chi connectivity index (χ0v) is 15.0. The van der Waals surface area contributed by atoms with Gasteiger partial charge in [0.15, 0.2) is 0 Å². The molecular weight excluding hydrogens is 324 g/mol. The monoisotopic (exact) mass is 344 g/mol. The molecule has 0 atom stereocenters. The molecule has 0 aliphatic heterocycles. The Morgan fingerprint density at radius 3 is 2.33 bits per heavy atom. The zero-order valence-electron chi connectivity index (χ0n) is 14.1. The van der Waals surface area contributed by atoms with Crippen molar-refractivity contribution in [1.29, 1.82) is 0 Å². The lowest BCUT2D eigenvalue weighted by atomic mass is 10.1. The SMILES string of the molecule is COc1ccc2c(n1)c(C(C)C)cn2S(=O)(=O)c1ccc(C)cc1. The molecule has 126 valence electrons. The standard InChI is InChI=1S/C18H20N2O3S/c1-12(2)15-11-20(16-9-10-17(23-4)19-18(15)16)24(21,22)14-7-5-13(3)6-8-14/h5-12H,1-4H3. The Kier molecular flexibility index (Phi) is 4.09. The molecule has 0 amide bonds. The van der Waals surface area contributed by atoms with Gasteiger partial charge in [-0.3, -0.25) is 0 Å². The first-order valence-electron chi connectivity index (χ1n) is 7.73. The van der Waals surface area contributed by atoms with E-state index in [1.807, 2.05) is 20.8 Å². The van der Waals surface area contributed by atoms with Crippen LogP contribution in [0.4, 0.5) is 0 Å². The fraction of sp³-hybridized carbons (Fsp3) is 0.278. The molecule has 3 aromatic rings. The number of pyridine rings is 1. The van der Waals surface area contributed by atoms with Crippen molar-refractivity contribution in [3.63, 3.8) is 0 Å². The number of hydrogen-bond donors (Lipinski definition) is 0. The number of aryl methyl sites for hydroxylation is 1. The number of benzene rings is 1. The number of fused-ring (bicyclic) bond motifs is 1. The van der Waals surface area contributed by atoms with Gasteiger partial charge in [0.1, 0.15) is 0 Å². The van der Waals surface area contributed by atoms with Crippen molar-refractivity contribution >= 4 is 21.1 Å². The van der Waals surface area contributed by atoms with Gasteiger partial charge in [-0.2, -0.15) is 0 Å². The molecule has 0 bridgehead atoms. The van der Waals surface area contributed by atoms with Crippen molar-refractivity contribution in [2.24, 2.45) is 0 Å². The summed E-state index contributed by atoms with van der Waals surface area (Å²) in [5.41, 5.74) is 3.10. The molecule has 0 aliphatic rings. The molecule has 0 N–H and O–H groups in total. The lowest BCUT2D eigenvalue weighted by Crippen LogP contribution is -2.12. The van der Waals surface area contributed by atoms with E-state index in [0.717, 1.165) is 11.1 Å². The van der Waals surface area contributed by atoms with Crippen molar-refractivity contribution in [2.45, 2.75) is 31.6 Å². The van der Waals surface area contributed by atoms with Crippen molar-refractivity contribution in [3.8, 4) is 5.88 Å². The minimum absolute atomic E-state index is 0.140. The number of hydrogen-bond acceptors (Lipinski definition) is 4. The molecule has 0 fully saturated rings. The fourth-order valence-corrected chi connectivity index (χ4v) is 4.01. The largest absolute Gasteiger partial charge is 0.481 e. The maximum absolute atomic E-state index is 13.1. The minimum atomic E-state index is -3.68. The third kappa shape index (κ3) is 2.67. The number of ether oxygens (including phenoxy) is 1. The van der Waals surface area contributed by atoms with Crippen LogP contribution >= 0.6 is 0 Å². The summed E-state index contributed by atoms with van der Waals surface area (Å²) in [5.74, 6) is 0.608. The van der Waals surface area contributed by atoms with E-state index in [1.165, 1.54) is 3.97 Å². The van der Waals surface area contributed by atoms with Gasteiger partial charge < -0.3 is 4.74 Å². The topological polar surface area (TPSA) is 61.2 Å². The molecule has 1 aromatic carbocycles. The predicted molar refractivity (Wildman–Crippen MR) is 94.1 cm³/mol. The number of rotatable bonds is 4. The van der Waals surface area contributed by atoms with Gasteiger partial charge in [0, 0.05) is 17.8 Å². The molecular formula is C18H20N2O3S. The first kappa shape index (κ1) is 16.5. The van der Waals surface area contributed by atoms with Gasteiger partial charge in [0.2, 0.25) is 5.88 Å². The van der Waals surface area contributed by atoms with Crippen LogP contribution in [0.3, 0.4) is 0 Å². The molecule has 0 saturated heterocycles. The molecule has 0 radical (unpaired) electrons. The van der Waals surface area contributed by atoms with Crippen molar-refractivity contribution in [1.82, 2.24) is 8.96 Å². The second-order valence-corrected chi connectivity index (χ2v) is 7.89. The van der Waals surface area contributed by atoms with Gasteiger partial charge in [-0.15, -0.1) is 0 Å². The van der Waals surface area contributed by atoms with Gasteiger partial charge >= 0.3 is 0 Å². The van der Waals surface area contributed by atoms with Crippen LogP contribution in [0, 0.1) is 6.92 Å². The van der Waals surface area contributed by atoms with Gasteiger partial charge in [-0.05, 0) is 31.0 Å². The molecule has 3 rings (SSSR count). The van der Waals surface area contributed by atoms with Gasteiger partial charge in [-0.1, -0.05) is 31.5 Å². The fourth-order valence-electron chi connectivity index (χ4n) is 2.64. The molecule has 24 heavy (non-hydrogen) atoms. The second kappa shape index (κ2) is 5.94. The highest BCUT2D eigenvalue weighted by atomic mass is 32.2. The van der Waals surface area contributed by atoms with Gasteiger partial charge in [0.25, 0.3) is 10.0 Å². The summed E-state index contributed by atoms with van der Waals surface area (Å²) in [6.45, 7) is 5.95. The van der Waals surface area contributed by atoms with E-state index in [0.29, 0.717) is 16.9 Å². The van der Waals surface area contributed by atoms with Crippen molar-refractivity contribution < 1.29 is 13.2 Å². The van der Waals surface area contributed by atoms with E-state index in [9.17, 15) is 8.42 Å². The molecule has 0 unspecified atom stereocenters. The van der Waals surface area contributed by atoms with Crippen LogP contribution in [-0.4, -0.2) is 24.5 Å². The number of methoxy groups -OCH3 is 1. The minimum Gasteiger partial charge on any atom is -0.481 e. The van der Waals surface area contributed by atoms with Crippen LogP contribution in [0.1, 0.15) is 30.9 Å². The Morgan fingerprint density at radius 1 is 1.08 bits per heavy atom. The summed E-state index contributed by atoms with van der Waals surface area (Å²) in [4.78, 5) is 4.71. The van der Waals surface area contributed by atoms with Crippen molar-refractivity contribution in [3.05, 3.63) is 53.7 Å². The first-order valence-corrected chi connectivity index (χ1v) is 9.17. The Labute approximate surface area is 142 Å². The summed E-state index contributed by atoms with van der Waals surface area (Å²) >= 11 is 0. The summed E-state index contributed by atoms with van der Waals surface area (Å²) < 4.78 is 32.6.